The van der Waals surface area contributed by atoms with E-state index in [0.29, 0.717) is 39.6 Å². The summed E-state index contributed by atoms with van der Waals surface area (Å²) in [7, 11) is -1.82. The molecule has 182 valence electrons. The summed E-state index contributed by atoms with van der Waals surface area (Å²) in [5, 5.41) is 10.2. The van der Waals surface area contributed by atoms with Gasteiger partial charge in [0.05, 0.1) is 27.9 Å². The average Bonchev–Trinajstić information content (AvgIpc) is 3.23. The molecule has 0 saturated heterocycles. The Morgan fingerprint density at radius 3 is 2.57 bits per heavy atom. The third-order valence-electron chi connectivity index (χ3n) is 5.82. The van der Waals surface area contributed by atoms with Gasteiger partial charge in [-0.15, -0.1) is 0 Å². The van der Waals surface area contributed by atoms with Gasteiger partial charge in [0.15, 0.2) is 15.5 Å². The van der Waals surface area contributed by atoms with Crippen LogP contribution in [0, 0.1) is 19.8 Å². The summed E-state index contributed by atoms with van der Waals surface area (Å²) >= 11 is 0. The van der Waals surface area contributed by atoms with Crippen molar-refractivity contribution in [2.24, 2.45) is 13.0 Å². The van der Waals surface area contributed by atoms with Gasteiger partial charge in [-0.25, -0.2) is 22.8 Å². The minimum Gasteiger partial charge on any atom is -0.353 e. The highest BCUT2D eigenvalue weighted by molar-refractivity contribution is 7.90. The summed E-state index contributed by atoms with van der Waals surface area (Å²) in [6.07, 6.45) is 2.06. The number of aromatic nitrogens is 5. The number of anilines is 3. The molecule has 3 N–H and O–H groups in total. The molecule has 0 spiro atoms. The lowest BCUT2D eigenvalue weighted by Crippen LogP contribution is -2.16. The van der Waals surface area contributed by atoms with E-state index in [0.717, 1.165) is 11.8 Å². The minimum absolute atomic E-state index is 0.0880. The van der Waals surface area contributed by atoms with Gasteiger partial charge in [0, 0.05) is 31.1 Å². The van der Waals surface area contributed by atoms with E-state index in [-0.39, 0.29) is 17.1 Å². The molecule has 2 atom stereocenters. The lowest BCUT2D eigenvalue weighted by atomic mass is 10.1. The zero-order valence-electron chi connectivity index (χ0n) is 19.5. The van der Waals surface area contributed by atoms with Gasteiger partial charge in [-0.05, 0) is 38.0 Å². The second-order valence-electron chi connectivity index (χ2n) is 8.87. The Hall–Kier alpha value is -3.80. The fourth-order valence-electron chi connectivity index (χ4n) is 4.04. The number of aryl methyl sites for hydroxylation is 3. The lowest BCUT2D eigenvalue weighted by Gasteiger charge is -2.14. The number of halogens is 1. The smallest absolute Gasteiger partial charge is 0.231 e. The van der Waals surface area contributed by atoms with Crippen LogP contribution in [-0.4, -0.2) is 51.5 Å². The molecule has 1 amide bonds. The molecule has 1 aliphatic rings. The Balaban J connectivity index is 1.57. The van der Waals surface area contributed by atoms with Crippen molar-refractivity contribution in [1.29, 1.82) is 0 Å². The number of nitrogens with zero attached hydrogens (tertiary/aromatic N) is 4. The lowest BCUT2D eigenvalue weighted by molar-refractivity contribution is -0.117. The quantitative estimate of drug-likeness (QED) is 0.371. The number of hydrogen-bond donors (Lipinski definition) is 3. The molecule has 3 aromatic heterocycles. The van der Waals surface area contributed by atoms with Crippen molar-refractivity contribution in [1.82, 2.24) is 24.7 Å². The maximum absolute atomic E-state index is 13.3. The molecule has 1 saturated carbocycles. The maximum atomic E-state index is 13.3. The van der Waals surface area contributed by atoms with Crippen molar-refractivity contribution in [2.45, 2.75) is 31.3 Å². The highest BCUT2D eigenvalue weighted by atomic mass is 32.2. The first-order valence-corrected chi connectivity index (χ1v) is 12.8. The van der Waals surface area contributed by atoms with Gasteiger partial charge in [-0.1, -0.05) is 6.07 Å². The van der Waals surface area contributed by atoms with Crippen molar-refractivity contribution >= 4 is 44.1 Å². The predicted molar refractivity (Wildman–Crippen MR) is 130 cm³/mol. The molecule has 12 heteroatoms. The summed E-state index contributed by atoms with van der Waals surface area (Å²) in [6.45, 7) is 3.67. The summed E-state index contributed by atoms with van der Waals surface area (Å²) < 4.78 is 40.4. The summed E-state index contributed by atoms with van der Waals surface area (Å²) in [5.41, 5.74) is 3.96. The number of carbonyl (C=O) groups excluding carboxylic acids is 1. The van der Waals surface area contributed by atoms with E-state index in [1.807, 2.05) is 13.1 Å². The average molecular weight is 498 g/mol. The Kier molecular flexibility index (Phi) is 5.35. The first-order chi connectivity index (χ1) is 16.5. The van der Waals surface area contributed by atoms with Gasteiger partial charge in [-0.2, -0.15) is 5.10 Å². The molecule has 10 nitrogen and oxygen atoms in total. The fraction of sp³-hybridized carbons (Fsp3) is 0.304. The number of rotatable bonds is 6. The number of imidazole rings is 1. The molecular formula is C23H24FN7O3S. The number of sulfone groups is 1. The number of nitrogens with one attached hydrogen (secondary N) is 3. The highest BCUT2D eigenvalue weighted by Gasteiger charge is 2.43. The molecule has 3 heterocycles. The van der Waals surface area contributed by atoms with Crippen LogP contribution in [0.3, 0.4) is 0 Å². The molecular weight excluding hydrogens is 473 g/mol. The number of H-pyrrole nitrogens is 1. The van der Waals surface area contributed by atoms with Crippen molar-refractivity contribution in [3.8, 4) is 11.3 Å². The van der Waals surface area contributed by atoms with Crippen LogP contribution in [0.25, 0.3) is 22.4 Å². The molecule has 1 fully saturated rings. The van der Waals surface area contributed by atoms with Gasteiger partial charge in [0.1, 0.15) is 23.3 Å². The van der Waals surface area contributed by atoms with Crippen LogP contribution in [0.15, 0.2) is 35.4 Å². The second kappa shape index (κ2) is 8.15. The summed E-state index contributed by atoms with van der Waals surface area (Å²) in [6, 6.07) is 6.61. The number of aromatic amines is 1. The van der Waals surface area contributed by atoms with E-state index in [9.17, 15) is 17.6 Å². The summed E-state index contributed by atoms with van der Waals surface area (Å²) in [5.74, 6) is -0.342. The SMILES string of the molecule is Cc1nc2nc(NC(=O)[C@H]3C[C@H]3F)cc(Nc3ccc(-c4nn(C)cc4C)cc3S(C)(=O)=O)c2[nH]1. The third kappa shape index (κ3) is 4.48. The third-order valence-corrected chi connectivity index (χ3v) is 6.95. The van der Waals surface area contributed by atoms with Gasteiger partial charge in [0.25, 0.3) is 0 Å². The molecule has 1 aromatic carbocycles. The number of hydrogen-bond acceptors (Lipinski definition) is 7. The largest absolute Gasteiger partial charge is 0.353 e. The highest BCUT2D eigenvalue weighted by Crippen LogP contribution is 2.36. The topological polar surface area (TPSA) is 135 Å². The van der Waals surface area contributed by atoms with Crippen LogP contribution < -0.4 is 10.6 Å². The van der Waals surface area contributed by atoms with E-state index >= 15 is 0 Å². The first kappa shape index (κ1) is 23.0. The molecule has 1 aliphatic carbocycles. The van der Waals surface area contributed by atoms with Crippen LogP contribution >= 0.6 is 0 Å². The Morgan fingerprint density at radius 1 is 1.20 bits per heavy atom. The minimum atomic E-state index is -3.63. The zero-order chi connectivity index (χ0) is 25.1. The number of pyridine rings is 1. The van der Waals surface area contributed by atoms with Crippen LogP contribution in [0.2, 0.25) is 0 Å². The number of amides is 1. The van der Waals surface area contributed by atoms with E-state index in [4.69, 9.17) is 0 Å². The normalized spacial score (nSPS) is 17.5. The zero-order valence-corrected chi connectivity index (χ0v) is 20.4. The fourth-order valence-corrected chi connectivity index (χ4v) is 4.90. The van der Waals surface area contributed by atoms with E-state index < -0.39 is 27.8 Å². The summed E-state index contributed by atoms with van der Waals surface area (Å²) in [4.78, 5) is 24.1. The Labute approximate surface area is 200 Å². The van der Waals surface area contributed by atoms with Gasteiger partial charge in [-0.3, -0.25) is 9.48 Å². The molecule has 0 bridgehead atoms. The Morgan fingerprint density at radius 2 is 1.94 bits per heavy atom. The Bertz CT molecular complexity index is 1590. The number of alkyl halides is 1. The van der Waals surface area contributed by atoms with Crippen LogP contribution in [-0.2, 0) is 21.7 Å². The number of carbonyl (C=O) groups is 1. The predicted octanol–water partition coefficient (Wildman–Crippen LogP) is 3.42. The van der Waals surface area contributed by atoms with Crippen LogP contribution in [0.1, 0.15) is 17.8 Å². The standard InChI is InChI=1S/C23H24FN7O3S/c1-11-10-31(3)30-20(11)13-5-6-16(18(7-13)35(4,33)34)27-17-9-19(29-23(32)14-8-15(14)24)28-22-21(17)25-12(2)26-22/h5-7,9-10,14-15H,8H2,1-4H3,(H3,25,26,27,28,29,32)/t14-,15+/m0/s1. The van der Waals surface area contributed by atoms with Crippen LogP contribution in [0.4, 0.5) is 21.6 Å². The second-order valence-corrected chi connectivity index (χ2v) is 10.8. The van der Waals surface area contributed by atoms with E-state index in [1.165, 1.54) is 0 Å². The van der Waals surface area contributed by atoms with Gasteiger partial charge >= 0.3 is 0 Å². The molecule has 4 aromatic rings. The van der Waals surface area contributed by atoms with Gasteiger partial charge < -0.3 is 15.6 Å². The maximum Gasteiger partial charge on any atom is 0.231 e. The van der Waals surface area contributed by atoms with Crippen molar-refractivity contribution in [2.75, 3.05) is 16.9 Å². The molecule has 5 rings (SSSR count). The van der Waals surface area contributed by atoms with E-state index in [2.05, 4.69) is 30.7 Å². The number of benzene rings is 1. The molecule has 0 radical (unpaired) electrons. The van der Waals surface area contributed by atoms with Crippen molar-refractivity contribution in [3.05, 3.63) is 41.9 Å². The monoisotopic (exact) mass is 497 g/mol. The number of fused-ring (bicyclic) bond motifs is 1. The van der Waals surface area contributed by atoms with E-state index in [1.54, 1.807) is 42.9 Å². The van der Waals surface area contributed by atoms with Crippen LogP contribution in [0.5, 0.6) is 0 Å². The van der Waals surface area contributed by atoms with Crippen molar-refractivity contribution < 1.29 is 17.6 Å². The first-order valence-electron chi connectivity index (χ1n) is 10.9. The molecule has 0 unspecified atom stereocenters. The van der Waals surface area contributed by atoms with Crippen molar-refractivity contribution in [3.63, 3.8) is 0 Å². The molecule has 35 heavy (non-hydrogen) atoms. The van der Waals surface area contributed by atoms with Gasteiger partial charge in [0.2, 0.25) is 5.91 Å². The molecule has 0 aliphatic heterocycles.